The molecule has 1 aromatic carbocycles. The molecule has 0 radical (unpaired) electrons. The number of rotatable bonds is 2. The molecule has 156 valence electrons. The van der Waals surface area contributed by atoms with Gasteiger partial charge in [0.05, 0.1) is 35.8 Å². The van der Waals surface area contributed by atoms with Crippen molar-refractivity contribution < 1.29 is 27.5 Å². The van der Waals surface area contributed by atoms with Gasteiger partial charge in [0.2, 0.25) is 0 Å². The summed E-state index contributed by atoms with van der Waals surface area (Å²) in [5.41, 5.74) is 0.203. The Morgan fingerprint density at radius 3 is 2.48 bits per heavy atom. The van der Waals surface area contributed by atoms with Gasteiger partial charge < -0.3 is 14.5 Å². The fraction of sp³-hybridized carbons (Fsp3) is 0.421. The molecule has 1 aromatic heterocycles. The van der Waals surface area contributed by atoms with Crippen LogP contribution in [0.25, 0.3) is 5.69 Å². The van der Waals surface area contributed by atoms with E-state index in [9.17, 15) is 22.8 Å². The topological polar surface area (TPSA) is 67.7 Å². The lowest BCUT2D eigenvalue weighted by Gasteiger charge is -2.21. The van der Waals surface area contributed by atoms with Gasteiger partial charge in [0, 0.05) is 26.2 Å². The zero-order valence-electron chi connectivity index (χ0n) is 16.1. The summed E-state index contributed by atoms with van der Waals surface area (Å²) in [5, 5.41) is 4.12. The fourth-order valence-electron chi connectivity index (χ4n) is 3.30. The van der Waals surface area contributed by atoms with E-state index < -0.39 is 17.8 Å². The molecule has 0 bridgehead atoms. The number of ether oxygens (including phenoxy) is 1. The van der Waals surface area contributed by atoms with Crippen LogP contribution in [0.2, 0.25) is 0 Å². The molecular weight excluding hydrogens is 389 g/mol. The Bertz CT molecular complexity index is 910. The average Bonchev–Trinajstić information content (AvgIpc) is 2.91. The van der Waals surface area contributed by atoms with Crippen molar-refractivity contribution in [2.24, 2.45) is 0 Å². The van der Waals surface area contributed by atoms with Crippen LogP contribution in [-0.2, 0) is 10.9 Å². The highest BCUT2D eigenvalue weighted by atomic mass is 19.4. The molecule has 1 aliphatic rings. The first kappa shape index (κ1) is 20.7. The number of hydrogen-bond acceptors (Lipinski definition) is 4. The summed E-state index contributed by atoms with van der Waals surface area (Å²) in [6.07, 6.45) is -2.94. The molecular formula is C19H21F3N4O3. The van der Waals surface area contributed by atoms with Gasteiger partial charge in [0.1, 0.15) is 0 Å². The number of carbonyl (C=O) groups is 2. The number of nitrogens with zero attached hydrogens (tertiary/aromatic N) is 4. The Balaban J connectivity index is 1.81. The first-order chi connectivity index (χ1) is 13.7. The van der Waals surface area contributed by atoms with Crippen molar-refractivity contribution in [1.29, 1.82) is 0 Å². The van der Waals surface area contributed by atoms with E-state index in [4.69, 9.17) is 4.74 Å². The molecule has 2 amide bonds. The van der Waals surface area contributed by atoms with Gasteiger partial charge in [-0.3, -0.25) is 4.79 Å². The zero-order chi connectivity index (χ0) is 21.2. The second kappa shape index (κ2) is 8.14. The molecule has 29 heavy (non-hydrogen) atoms. The van der Waals surface area contributed by atoms with Crippen LogP contribution in [0.3, 0.4) is 0 Å². The third-order valence-corrected chi connectivity index (χ3v) is 4.87. The van der Waals surface area contributed by atoms with E-state index in [-0.39, 0.29) is 11.6 Å². The summed E-state index contributed by atoms with van der Waals surface area (Å²) in [7, 11) is 1.31. The Hall–Kier alpha value is -3.04. The molecule has 2 aromatic rings. The van der Waals surface area contributed by atoms with Crippen molar-refractivity contribution in [2.75, 3.05) is 33.3 Å². The fourth-order valence-corrected chi connectivity index (χ4v) is 3.30. The van der Waals surface area contributed by atoms with Gasteiger partial charge in [0.15, 0.2) is 0 Å². The van der Waals surface area contributed by atoms with Gasteiger partial charge in [-0.05, 0) is 31.5 Å². The zero-order valence-corrected chi connectivity index (χ0v) is 16.1. The maximum Gasteiger partial charge on any atom is 0.416 e. The minimum atomic E-state index is -4.46. The van der Waals surface area contributed by atoms with E-state index in [0.717, 1.165) is 12.1 Å². The van der Waals surface area contributed by atoms with E-state index in [0.29, 0.717) is 43.9 Å². The summed E-state index contributed by atoms with van der Waals surface area (Å²) in [6.45, 7) is 3.26. The average molecular weight is 410 g/mol. The molecule has 0 N–H and O–H groups in total. The van der Waals surface area contributed by atoms with E-state index in [2.05, 4.69) is 5.10 Å². The standard InChI is InChI=1S/C19H21F3N4O3/c1-13-16(17(27)24-7-4-8-25(10-9-24)18(28)29-2)12-23-26(13)15-6-3-5-14(11-15)19(20,21)22/h3,5-6,11-12H,4,7-10H2,1-2H3. The van der Waals surface area contributed by atoms with Crippen LogP contribution >= 0.6 is 0 Å². The molecule has 0 aliphatic carbocycles. The molecule has 2 heterocycles. The van der Waals surface area contributed by atoms with Crippen molar-refractivity contribution in [2.45, 2.75) is 19.5 Å². The van der Waals surface area contributed by atoms with Crippen LogP contribution in [0.1, 0.15) is 28.0 Å². The largest absolute Gasteiger partial charge is 0.453 e. The second-order valence-electron chi connectivity index (χ2n) is 6.71. The van der Waals surface area contributed by atoms with Crippen LogP contribution < -0.4 is 0 Å². The van der Waals surface area contributed by atoms with Gasteiger partial charge in [-0.1, -0.05) is 6.07 Å². The predicted molar refractivity (Wildman–Crippen MR) is 97.8 cm³/mol. The minimum absolute atomic E-state index is 0.226. The molecule has 7 nitrogen and oxygen atoms in total. The number of aromatic nitrogens is 2. The molecule has 1 fully saturated rings. The van der Waals surface area contributed by atoms with Gasteiger partial charge in [-0.2, -0.15) is 18.3 Å². The van der Waals surface area contributed by atoms with Crippen molar-refractivity contribution in [3.8, 4) is 5.69 Å². The SMILES string of the molecule is COC(=O)N1CCCN(C(=O)c2cnn(-c3cccc(C(F)(F)F)c3)c2C)CC1. The second-order valence-corrected chi connectivity index (χ2v) is 6.71. The number of hydrogen-bond donors (Lipinski definition) is 0. The summed E-state index contributed by atoms with van der Waals surface area (Å²) < 4.78 is 45.0. The van der Waals surface area contributed by atoms with Crippen molar-refractivity contribution in [3.05, 3.63) is 47.3 Å². The summed E-state index contributed by atoms with van der Waals surface area (Å²) in [5.74, 6) is -0.271. The monoisotopic (exact) mass is 410 g/mol. The quantitative estimate of drug-likeness (QED) is 0.763. The van der Waals surface area contributed by atoms with E-state index in [1.54, 1.807) is 11.8 Å². The lowest BCUT2D eigenvalue weighted by molar-refractivity contribution is -0.137. The first-order valence-corrected chi connectivity index (χ1v) is 9.07. The molecule has 10 heteroatoms. The van der Waals surface area contributed by atoms with Gasteiger partial charge >= 0.3 is 12.3 Å². The number of amides is 2. The molecule has 1 aliphatic heterocycles. The maximum atomic E-state index is 13.0. The van der Waals surface area contributed by atoms with Gasteiger partial charge in [-0.15, -0.1) is 0 Å². The van der Waals surface area contributed by atoms with Crippen molar-refractivity contribution >= 4 is 12.0 Å². The summed E-state index contributed by atoms with van der Waals surface area (Å²) in [6, 6.07) is 4.79. The number of halogens is 3. The van der Waals surface area contributed by atoms with E-state index >= 15 is 0 Å². The molecule has 3 rings (SSSR count). The molecule has 0 atom stereocenters. The normalized spacial score (nSPS) is 15.2. The van der Waals surface area contributed by atoms with Gasteiger partial charge in [-0.25, -0.2) is 9.48 Å². The molecule has 0 unspecified atom stereocenters. The molecule has 1 saturated heterocycles. The number of alkyl halides is 3. The summed E-state index contributed by atoms with van der Waals surface area (Å²) >= 11 is 0. The third-order valence-electron chi connectivity index (χ3n) is 4.87. The predicted octanol–water partition coefficient (Wildman–Crippen LogP) is 3.11. The highest BCUT2D eigenvalue weighted by Gasteiger charge is 2.31. The Kier molecular flexibility index (Phi) is 5.81. The Morgan fingerprint density at radius 1 is 1.10 bits per heavy atom. The molecule has 0 saturated carbocycles. The van der Waals surface area contributed by atoms with Gasteiger partial charge in [0.25, 0.3) is 5.91 Å². The summed E-state index contributed by atoms with van der Waals surface area (Å²) in [4.78, 5) is 27.8. The lowest BCUT2D eigenvalue weighted by Crippen LogP contribution is -2.37. The first-order valence-electron chi connectivity index (χ1n) is 9.07. The number of benzene rings is 1. The highest BCUT2D eigenvalue weighted by Crippen LogP contribution is 2.30. The van der Waals surface area contributed by atoms with Crippen molar-refractivity contribution in [3.63, 3.8) is 0 Å². The van der Waals surface area contributed by atoms with Crippen LogP contribution in [-0.4, -0.2) is 64.9 Å². The Labute approximate surface area is 165 Å². The van der Waals surface area contributed by atoms with E-state index in [1.807, 2.05) is 0 Å². The third kappa shape index (κ3) is 4.36. The number of methoxy groups -OCH3 is 1. The van der Waals surface area contributed by atoms with Crippen LogP contribution in [0.5, 0.6) is 0 Å². The van der Waals surface area contributed by atoms with E-state index in [1.165, 1.54) is 35.0 Å². The maximum absolute atomic E-state index is 13.0. The lowest BCUT2D eigenvalue weighted by atomic mass is 10.2. The minimum Gasteiger partial charge on any atom is -0.453 e. The smallest absolute Gasteiger partial charge is 0.416 e. The van der Waals surface area contributed by atoms with Crippen LogP contribution in [0.15, 0.2) is 30.5 Å². The number of carbonyl (C=O) groups excluding carboxylic acids is 2. The van der Waals surface area contributed by atoms with Crippen LogP contribution in [0, 0.1) is 6.92 Å². The molecule has 0 spiro atoms. The van der Waals surface area contributed by atoms with Crippen LogP contribution in [0.4, 0.5) is 18.0 Å². The van der Waals surface area contributed by atoms with Crippen molar-refractivity contribution in [1.82, 2.24) is 19.6 Å². The Morgan fingerprint density at radius 2 is 1.79 bits per heavy atom. The highest BCUT2D eigenvalue weighted by molar-refractivity contribution is 5.95.